The molecule has 0 radical (unpaired) electrons. The summed E-state index contributed by atoms with van der Waals surface area (Å²) in [5.74, 6) is 0.357. The summed E-state index contributed by atoms with van der Waals surface area (Å²) in [5.41, 5.74) is 2.48. The Bertz CT molecular complexity index is 1060. The number of nitrogens with one attached hydrogen (secondary N) is 1. The first kappa shape index (κ1) is 20.4. The van der Waals surface area contributed by atoms with Crippen LogP contribution in [0.25, 0.3) is 0 Å². The van der Waals surface area contributed by atoms with Crippen molar-refractivity contribution >= 4 is 33.1 Å². The van der Waals surface area contributed by atoms with Gasteiger partial charge in [0.2, 0.25) is 5.91 Å². The van der Waals surface area contributed by atoms with Crippen LogP contribution in [0.2, 0.25) is 0 Å². The van der Waals surface area contributed by atoms with Gasteiger partial charge in [-0.1, -0.05) is 29.8 Å². The van der Waals surface area contributed by atoms with Crippen molar-refractivity contribution in [3.05, 3.63) is 54.1 Å². The van der Waals surface area contributed by atoms with E-state index >= 15 is 0 Å². The molecule has 0 spiro atoms. The number of carbonyl (C=O) groups excluding carboxylic acids is 1. The minimum Gasteiger partial charge on any atom is -0.355 e. The van der Waals surface area contributed by atoms with Crippen LogP contribution in [-0.4, -0.2) is 51.2 Å². The standard InChI is InChI=1S/C22H26N4O3S/c1-17-9-11-18(12-10-17)26(16-22(27)25-13-5-2-6-14-25)15-21-23-19-7-3-4-8-20(19)30(28,29)24-21/h3-4,7-12H,2,5-6,13-16H2,1H3,(H,23,24). The molecule has 2 heterocycles. The van der Waals surface area contributed by atoms with E-state index in [1.54, 1.807) is 18.2 Å². The number of likely N-dealkylation sites (tertiary alicyclic amines) is 1. The third kappa shape index (κ3) is 4.48. The molecule has 2 aromatic carbocycles. The van der Waals surface area contributed by atoms with Crippen molar-refractivity contribution in [3.63, 3.8) is 0 Å². The Kier molecular flexibility index (Phi) is 5.76. The summed E-state index contributed by atoms with van der Waals surface area (Å²) in [6.45, 7) is 3.92. The zero-order valence-corrected chi connectivity index (χ0v) is 17.9. The molecule has 8 heteroatoms. The fraction of sp³-hybridized carbons (Fsp3) is 0.364. The third-order valence-electron chi connectivity index (χ3n) is 5.45. The molecule has 1 saturated heterocycles. The molecule has 2 aliphatic heterocycles. The lowest BCUT2D eigenvalue weighted by atomic mass is 10.1. The average Bonchev–Trinajstić information content (AvgIpc) is 2.74. The van der Waals surface area contributed by atoms with E-state index in [4.69, 9.17) is 0 Å². The van der Waals surface area contributed by atoms with Crippen LogP contribution >= 0.6 is 0 Å². The zero-order chi connectivity index (χ0) is 21.1. The second-order valence-corrected chi connectivity index (χ2v) is 9.34. The molecule has 4 rings (SSSR count). The number of nitrogens with zero attached hydrogens (tertiary/aromatic N) is 3. The second kappa shape index (κ2) is 8.47. The molecule has 2 aliphatic rings. The number of hydrogen-bond donors (Lipinski definition) is 1. The number of anilines is 2. The molecule has 0 saturated carbocycles. The van der Waals surface area contributed by atoms with Crippen LogP contribution in [0.15, 0.2) is 57.8 Å². The first-order valence-corrected chi connectivity index (χ1v) is 11.7. The van der Waals surface area contributed by atoms with Crippen LogP contribution < -0.4 is 10.2 Å². The molecule has 1 amide bonds. The smallest absolute Gasteiger partial charge is 0.286 e. The van der Waals surface area contributed by atoms with Gasteiger partial charge in [0, 0.05) is 18.8 Å². The lowest BCUT2D eigenvalue weighted by Crippen LogP contribution is -2.45. The van der Waals surface area contributed by atoms with Gasteiger partial charge in [-0.25, -0.2) is 0 Å². The number of rotatable bonds is 5. The van der Waals surface area contributed by atoms with Gasteiger partial charge in [0.1, 0.15) is 10.7 Å². The van der Waals surface area contributed by atoms with Gasteiger partial charge in [-0.3, -0.25) is 4.79 Å². The van der Waals surface area contributed by atoms with Crippen LogP contribution in [0.5, 0.6) is 0 Å². The molecule has 1 N–H and O–H groups in total. The number of hydrogen-bond acceptors (Lipinski definition) is 5. The first-order chi connectivity index (χ1) is 14.4. The quantitative estimate of drug-likeness (QED) is 0.795. The monoisotopic (exact) mass is 426 g/mol. The highest BCUT2D eigenvalue weighted by Gasteiger charge is 2.27. The predicted molar refractivity (Wildman–Crippen MR) is 119 cm³/mol. The SMILES string of the molecule is Cc1ccc(N(CC(=O)N2CCCCC2)CC2=NS(=O)(=O)c3ccccc3N2)cc1. The molecule has 0 aromatic heterocycles. The Morgan fingerprint density at radius 1 is 1.07 bits per heavy atom. The number of piperidine rings is 1. The van der Waals surface area contributed by atoms with E-state index in [9.17, 15) is 13.2 Å². The number of benzene rings is 2. The van der Waals surface area contributed by atoms with Crippen molar-refractivity contribution in [1.29, 1.82) is 0 Å². The minimum absolute atomic E-state index is 0.0509. The Labute approximate surface area is 177 Å². The minimum atomic E-state index is -3.77. The van der Waals surface area contributed by atoms with Crippen molar-refractivity contribution in [2.75, 3.05) is 36.4 Å². The van der Waals surface area contributed by atoms with Crippen LogP contribution in [0.3, 0.4) is 0 Å². The van der Waals surface area contributed by atoms with Gasteiger partial charge in [0.05, 0.1) is 18.8 Å². The average molecular weight is 427 g/mol. The van der Waals surface area contributed by atoms with E-state index < -0.39 is 10.0 Å². The van der Waals surface area contributed by atoms with Crippen molar-refractivity contribution in [2.45, 2.75) is 31.1 Å². The van der Waals surface area contributed by atoms with Gasteiger partial charge in [0.25, 0.3) is 10.0 Å². The van der Waals surface area contributed by atoms with E-state index in [0.717, 1.165) is 43.6 Å². The van der Waals surface area contributed by atoms with Crippen LogP contribution in [0.1, 0.15) is 24.8 Å². The van der Waals surface area contributed by atoms with Crippen LogP contribution in [0, 0.1) is 6.92 Å². The van der Waals surface area contributed by atoms with E-state index in [2.05, 4.69) is 9.71 Å². The Balaban J connectivity index is 1.59. The molecule has 2 aromatic rings. The molecular formula is C22H26N4O3S. The van der Waals surface area contributed by atoms with Crippen molar-refractivity contribution in [3.8, 4) is 0 Å². The molecule has 0 atom stereocenters. The zero-order valence-electron chi connectivity index (χ0n) is 17.0. The maximum atomic E-state index is 12.9. The molecule has 0 unspecified atom stereocenters. The Morgan fingerprint density at radius 3 is 2.50 bits per heavy atom. The third-order valence-corrected chi connectivity index (χ3v) is 6.82. The number of fused-ring (bicyclic) bond motifs is 1. The van der Waals surface area contributed by atoms with Crippen molar-refractivity contribution < 1.29 is 13.2 Å². The van der Waals surface area contributed by atoms with Gasteiger partial charge in [0.15, 0.2) is 0 Å². The molecule has 0 aliphatic carbocycles. The molecule has 1 fully saturated rings. The Hall–Kier alpha value is -2.87. The topological polar surface area (TPSA) is 82.1 Å². The van der Waals surface area contributed by atoms with E-state index in [1.165, 1.54) is 6.07 Å². The highest BCUT2D eigenvalue weighted by atomic mass is 32.2. The lowest BCUT2D eigenvalue weighted by molar-refractivity contribution is -0.130. The van der Waals surface area contributed by atoms with Crippen molar-refractivity contribution in [1.82, 2.24) is 4.90 Å². The van der Waals surface area contributed by atoms with Gasteiger partial charge in [-0.2, -0.15) is 8.42 Å². The Morgan fingerprint density at radius 2 is 1.77 bits per heavy atom. The summed E-state index contributed by atoms with van der Waals surface area (Å²) in [6, 6.07) is 14.6. The number of amidine groups is 1. The number of amides is 1. The highest BCUT2D eigenvalue weighted by molar-refractivity contribution is 7.90. The number of para-hydroxylation sites is 1. The van der Waals surface area contributed by atoms with Gasteiger partial charge < -0.3 is 15.1 Å². The van der Waals surface area contributed by atoms with Gasteiger partial charge in [-0.15, -0.1) is 4.40 Å². The summed E-state index contributed by atoms with van der Waals surface area (Å²) in [5, 5.41) is 3.12. The molecule has 7 nitrogen and oxygen atoms in total. The number of aryl methyl sites for hydroxylation is 1. The molecule has 0 bridgehead atoms. The van der Waals surface area contributed by atoms with E-state index in [-0.39, 0.29) is 23.9 Å². The van der Waals surface area contributed by atoms with Crippen LogP contribution in [-0.2, 0) is 14.8 Å². The van der Waals surface area contributed by atoms with Gasteiger partial charge >= 0.3 is 0 Å². The summed E-state index contributed by atoms with van der Waals surface area (Å²) in [4.78, 5) is 16.9. The first-order valence-electron chi connectivity index (χ1n) is 10.2. The fourth-order valence-electron chi connectivity index (χ4n) is 3.82. The predicted octanol–water partition coefficient (Wildman–Crippen LogP) is 3.03. The summed E-state index contributed by atoms with van der Waals surface area (Å²) < 4.78 is 29.2. The summed E-state index contributed by atoms with van der Waals surface area (Å²) in [7, 11) is -3.77. The van der Waals surface area contributed by atoms with E-state index in [0.29, 0.717) is 11.5 Å². The summed E-state index contributed by atoms with van der Waals surface area (Å²) in [6.07, 6.45) is 3.21. The normalized spacial score (nSPS) is 17.5. The maximum Gasteiger partial charge on any atom is 0.286 e. The number of sulfonamides is 1. The van der Waals surface area contributed by atoms with Gasteiger partial charge in [-0.05, 0) is 50.5 Å². The molecular weight excluding hydrogens is 400 g/mol. The van der Waals surface area contributed by atoms with E-state index in [1.807, 2.05) is 41.0 Å². The highest BCUT2D eigenvalue weighted by Crippen LogP contribution is 2.27. The second-order valence-electron chi connectivity index (χ2n) is 7.77. The maximum absolute atomic E-state index is 12.9. The largest absolute Gasteiger partial charge is 0.355 e. The van der Waals surface area contributed by atoms with Crippen LogP contribution in [0.4, 0.5) is 11.4 Å². The summed E-state index contributed by atoms with van der Waals surface area (Å²) >= 11 is 0. The molecule has 158 valence electrons. The fourth-order valence-corrected chi connectivity index (χ4v) is 4.96. The lowest BCUT2D eigenvalue weighted by Gasteiger charge is -2.32. The molecule has 30 heavy (non-hydrogen) atoms. The number of carbonyl (C=O) groups is 1. The van der Waals surface area contributed by atoms with Crippen molar-refractivity contribution in [2.24, 2.45) is 4.40 Å².